The van der Waals surface area contributed by atoms with Gasteiger partial charge in [-0.15, -0.1) is 0 Å². The molecule has 2 amide bonds. The summed E-state index contributed by atoms with van der Waals surface area (Å²) >= 11 is 0. The van der Waals surface area contributed by atoms with Crippen LogP contribution >= 0.6 is 0 Å². The SMILES string of the molecule is CC(NC(=O)C(C)(C)C)C(=O)Nc1cccc2ccccc12. The minimum atomic E-state index is -0.592. The monoisotopic (exact) mass is 298 g/mol. The predicted molar refractivity (Wildman–Crippen MR) is 89.6 cm³/mol. The van der Waals surface area contributed by atoms with Crippen LogP contribution in [-0.2, 0) is 9.59 Å². The molecule has 0 radical (unpaired) electrons. The zero-order valence-corrected chi connectivity index (χ0v) is 13.4. The van der Waals surface area contributed by atoms with Gasteiger partial charge in [-0.25, -0.2) is 0 Å². The van der Waals surface area contributed by atoms with E-state index in [2.05, 4.69) is 10.6 Å². The zero-order chi connectivity index (χ0) is 16.3. The second kappa shape index (κ2) is 6.18. The Balaban J connectivity index is 2.12. The van der Waals surface area contributed by atoms with Gasteiger partial charge in [-0.3, -0.25) is 9.59 Å². The molecule has 22 heavy (non-hydrogen) atoms. The summed E-state index contributed by atoms with van der Waals surface area (Å²) in [5.41, 5.74) is 0.230. The van der Waals surface area contributed by atoms with Crippen LogP contribution in [-0.4, -0.2) is 17.9 Å². The van der Waals surface area contributed by atoms with Crippen LogP contribution in [0.4, 0.5) is 5.69 Å². The number of carbonyl (C=O) groups excluding carboxylic acids is 2. The summed E-state index contributed by atoms with van der Waals surface area (Å²) < 4.78 is 0. The first kappa shape index (κ1) is 16.0. The number of nitrogens with one attached hydrogen (secondary N) is 2. The Kier molecular flexibility index (Phi) is 4.50. The predicted octanol–water partition coefficient (Wildman–Crippen LogP) is 3.33. The molecule has 2 aromatic rings. The Labute approximate surface area is 130 Å². The van der Waals surface area contributed by atoms with E-state index in [0.29, 0.717) is 0 Å². The Morgan fingerprint density at radius 2 is 1.64 bits per heavy atom. The van der Waals surface area contributed by atoms with Crippen molar-refractivity contribution in [3.05, 3.63) is 42.5 Å². The largest absolute Gasteiger partial charge is 0.344 e. The Morgan fingerprint density at radius 3 is 2.32 bits per heavy atom. The van der Waals surface area contributed by atoms with Gasteiger partial charge in [0.1, 0.15) is 6.04 Å². The number of hydrogen-bond acceptors (Lipinski definition) is 2. The molecule has 2 aromatic carbocycles. The summed E-state index contributed by atoms with van der Waals surface area (Å²) in [6.45, 7) is 7.14. The van der Waals surface area contributed by atoms with Crippen LogP contribution in [0.5, 0.6) is 0 Å². The molecule has 4 nitrogen and oxygen atoms in total. The standard InChI is InChI=1S/C18H22N2O2/c1-12(19-17(22)18(2,3)4)16(21)20-15-11-7-9-13-8-5-6-10-14(13)15/h5-12H,1-4H3,(H,19,22)(H,20,21). The maximum absolute atomic E-state index is 12.3. The van der Waals surface area contributed by atoms with Gasteiger partial charge in [0.25, 0.3) is 0 Å². The van der Waals surface area contributed by atoms with Crippen molar-refractivity contribution in [1.82, 2.24) is 5.32 Å². The van der Waals surface area contributed by atoms with E-state index in [4.69, 9.17) is 0 Å². The van der Waals surface area contributed by atoms with Crippen LogP contribution in [0.3, 0.4) is 0 Å². The maximum Gasteiger partial charge on any atom is 0.246 e. The molecule has 0 heterocycles. The quantitative estimate of drug-likeness (QED) is 0.913. The topological polar surface area (TPSA) is 58.2 Å². The normalized spacial score (nSPS) is 12.7. The first-order valence-electron chi connectivity index (χ1n) is 7.38. The maximum atomic E-state index is 12.3. The summed E-state index contributed by atoms with van der Waals surface area (Å²) in [6, 6.07) is 13.0. The van der Waals surface area contributed by atoms with E-state index >= 15 is 0 Å². The third-order valence-electron chi connectivity index (χ3n) is 3.47. The first-order chi connectivity index (χ1) is 10.3. The van der Waals surface area contributed by atoms with E-state index in [1.54, 1.807) is 6.92 Å². The Hall–Kier alpha value is -2.36. The number of anilines is 1. The number of amides is 2. The molecule has 116 valence electrons. The van der Waals surface area contributed by atoms with Crippen molar-refractivity contribution in [2.75, 3.05) is 5.32 Å². The fourth-order valence-corrected chi connectivity index (χ4v) is 2.05. The highest BCUT2D eigenvalue weighted by Crippen LogP contribution is 2.23. The minimum absolute atomic E-state index is 0.145. The molecular weight excluding hydrogens is 276 g/mol. The lowest BCUT2D eigenvalue weighted by Gasteiger charge is -2.21. The molecule has 0 aliphatic rings. The molecule has 0 aliphatic heterocycles. The minimum Gasteiger partial charge on any atom is -0.344 e. The average molecular weight is 298 g/mol. The highest BCUT2D eigenvalue weighted by Gasteiger charge is 2.25. The van der Waals surface area contributed by atoms with Crippen molar-refractivity contribution in [3.8, 4) is 0 Å². The zero-order valence-electron chi connectivity index (χ0n) is 13.4. The van der Waals surface area contributed by atoms with Gasteiger partial charge in [-0.2, -0.15) is 0 Å². The molecule has 0 saturated heterocycles. The van der Waals surface area contributed by atoms with Crippen molar-refractivity contribution in [2.45, 2.75) is 33.7 Å². The molecule has 1 unspecified atom stereocenters. The third kappa shape index (κ3) is 3.64. The number of benzene rings is 2. The Bertz CT molecular complexity index is 696. The van der Waals surface area contributed by atoms with Gasteiger partial charge >= 0.3 is 0 Å². The van der Waals surface area contributed by atoms with Crippen LogP contribution in [0.2, 0.25) is 0 Å². The van der Waals surface area contributed by atoms with Gasteiger partial charge in [0.05, 0.1) is 0 Å². The molecule has 0 fully saturated rings. The van der Waals surface area contributed by atoms with Gasteiger partial charge in [-0.05, 0) is 18.4 Å². The highest BCUT2D eigenvalue weighted by atomic mass is 16.2. The summed E-state index contributed by atoms with van der Waals surface area (Å²) in [7, 11) is 0. The molecule has 0 aliphatic carbocycles. The molecule has 0 aromatic heterocycles. The fourth-order valence-electron chi connectivity index (χ4n) is 2.05. The van der Waals surface area contributed by atoms with Crippen molar-refractivity contribution in [2.24, 2.45) is 5.41 Å². The van der Waals surface area contributed by atoms with E-state index in [1.165, 1.54) is 0 Å². The second-order valence-corrected chi connectivity index (χ2v) is 6.46. The average Bonchev–Trinajstić information content (AvgIpc) is 2.46. The van der Waals surface area contributed by atoms with Crippen LogP contribution in [0.15, 0.2) is 42.5 Å². The van der Waals surface area contributed by atoms with Crippen molar-refractivity contribution in [1.29, 1.82) is 0 Å². The summed E-state index contributed by atoms with van der Waals surface area (Å²) in [6.07, 6.45) is 0. The van der Waals surface area contributed by atoms with E-state index in [0.717, 1.165) is 16.5 Å². The van der Waals surface area contributed by atoms with Crippen molar-refractivity contribution in [3.63, 3.8) is 0 Å². The van der Waals surface area contributed by atoms with Crippen LogP contribution in [0, 0.1) is 5.41 Å². The molecule has 0 spiro atoms. The summed E-state index contributed by atoms with van der Waals surface area (Å²) in [5, 5.41) is 7.67. The van der Waals surface area contributed by atoms with E-state index < -0.39 is 11.5 Å². The highest BCUT2D eigenvalue weighted by molar-refractivity contribution is 6.04. The lowest BCUT2D eigenvalue weighted by molar-refractivity contribution is -0.131. The lowest BCUT2D eigenvalue weighted by atomic mass is 9.95. The van der Waals surface area contributed by atoms with Gasteiger partial charge in [0.2, 0.25) is 11.8 Å². The number of hydrogen-bond donors (Lipinski definition) is 2. The second-order valence-electron chi connectivity index (χ2n) is 6.46. The van der Waals surface area contributed by atoms with Crippen LogP contribution < -0.4 is 10.6 Å². The van der Waals surface area contributed by atoms with Gasteiger partial charge < -0.3 is 10.6 Å². The molecule has 4 heteroatoms. The van der Waals surface area contributed by atoms with E-state index in [9.17, 15) is 9.59 Å². The Morgan fingerprint density at radius 1 is 1.00 bits per heavy atom. The number of rotatable bonds is 3. The van der Waals surface area contributed by atoms with Crippen molar-refractivity contribution < 1.29 is 9.59 Å². The lowest BCUT2D eigenvalue weighted by Crippen LogP contribution is -2.46. The summed E-state index contributed by atoms with van der Waals surface area (Å²) in [4.78, 5) is 24.2. The van der Waals surface area contributed by atoms with Crippen molar-refractivity contribution >= 4 is 28.3 Å². The smallest absolute Gasteiger partial charge is 0.246 e. The molecular formula is C18H22N2O2. The van der Waals surface area contributed by atoms with Crippen LogP contribution in [0.25, 0.3) is 10.8 Å². The van der Waals surface area contributed by atoms with Crippen LogP contribution in [0.1, 0.15) is 27.7 Å². The molecule has 2 N–H and O–H groups in total. The summed E-state index contributed by atoms with van der Waals surface area (Å²) in [5.74, 6) is -0.373. The van der Waals surface area contributed by atoms with Gasteiger partial charge in [0, 0.05) is 16.5 Å². The van der Waals surface area contributed by atoms with E-state index in [1.807, 2.05) is 63.2 Å². The van der Waals surface area contributed by atoms with Gasteiger partial charge in [-0.1, -0.05) is 57.2 Å². The fraction of sp³-hybridized carbons (Fsp3) is 0.333. The third-order valence-corrected chi connectivity index (χ3v) is 3.47. The molecule has 1 atom stereocenters. The molecule has 0 bridgehead atoms. The molecule has 2 rings (SSSR count). The van der Waals surface area contributed by atoms with E-state index in [-0.39, 0.29) is 11.8 Å². The first-order valence-corrected chi connectivity index (χ1v) is 7.38. The number of carbonyl (C=O) groups is 2. The van der Waals surface area contributed by atoms with Gasteiger partial charge in [0.15, 0.2) is 0 Å². The molecule has 0 saturated carbocycles. The number of fused-ring (bicyclic) bond motifs is 1.